The van der Waals surface area contributed by atoms with E-state index in [1.165, 1.54) is 11.8 Å². The van der Waals surface area contributed by atoms with Gasteiger partial charge in [0.2, 0.25) is 11.9 Å². The molecule has 2 aromatic heterocycles. The summed E-state index contributed by atoms with van der Waals surface area (Å²) in [5.41, 5.74) is 0.0985. The molecule has 0 spiro atoms. The van der Waals surface area contributed by atoms with E-state index in [-0.39, 0.29) is 5.95 Å². The normalized spacial score (nSPS) is 12.0. The lowest BCUT2D eigenvalue weighted by Gasteiger charge is -2.17. The Hall–Kier alpha value is -3.66. The Morgan fingerprint density at radius 3 is 2.65 bits per heavy atom. The molecule has 0 unspecified atom stereocenters. The molecule has 3 N–H and O–H groups in total. The van der Waals surface area contributed by atoms with Crippen molar-refractivity contribution in [3.63, 3.8) is 0 Å². The van der Waals surface area contributed by atoms with Crippen molar-refractivity contribution < 1.29 is 4.79 Å². The molecule has 2 aromatic carbocycles. The average Bonchev–Trinajstić information content (AvgIpc) is 3.25. The summed E-state index contributed by atoms with van der Waals surface area (Å²) in [5, 5.41) is 9.79. The van der Waals surface area contributed by atoms with Crippen molar-refractivity contribution in [3.8, 4) is 11.4 Å². The highest BCUT2D eigenvalue weighted by molar-refractivity contribution is 7.98. The van der Waals surface area contributed by atoms with Crippen LogP contribution in [0, 0.1) is 0 Å². The highest BCUT2D eigenvalue weighted by atomic mass is 32.2. The molecule has 158 valence electrons. The summed E-state index contributed by atoms with van der Waals surface area (Å²) in [5.74, 6) is 0.621. The lowest BCUT2D eigenvalue weighted by Crippen LogP contribution is -2.43. The molecule has 4 aromatic rings. The van der Waals surface area contributed by atoms with Gasteiger partial charge in [0.1, 0.15) is 6.04 Å². The second kappa shape index (κ2) is 9.00. The van der Waals surface area contributed by atoms with E-state index >= 15 is 0 Å². The lowest BCUT2D eigenvalue weighted by molar-refractivity contribution is -0.119. The van der Waals surface area contributed by atoms with Gasteiger partial charge in [0.25, 0.3) is 5.56 Å². The summed E-state index contributed by atoms with van der Waals surface area (Å²) in [6.45, 7) is 0. The zero-order valence-corrected chi connectivity index (χ0v) is 17.5. The fraction of sp³-hybridized carbons (Fsp3) is 0.190. The fourth-order valence-electron chi connectivity index (χ4n) is 3.30. The summed E-state index contributed by atoms with van der Waals surface area (Å²) in [7, 11) is 0. The second-order valence-corrected chi connectivity index (χ2v) is 7.80. The number of hydrogen-bond acceptors (Lipinski definition) is 6. The van der Waals surface area contributed by atoms with Gasteiger partial charge in [-0.25, -0.2) is 9.36 Å². The number of hydrogen-bond donors (Lipinski definition) is 3. The van der Waals surface area contributed by atoms with E-state index in [0.717, 1.165) is 10.1 Å². The van der Waals surface area contributed by atoms with Gasteiger partial charge < -0.3 is 4.98 Å². The number of carbonyl (C=O) groups excluding carboxylic acids is 1. The summed E-state index contributed by atoms with van der Waals surface area (Å²) in [6.07, 6.45) is 2.19. The van der Waals surface area contributed by atoms with Crippen LogP contribution in [0.2, 0.25) is 0 Å². The van der Waals surface area contributed by atoms with Crippen molar-refractivity contribution in [3.05, 3.63) is 75.4 Å². The lowest BCUT2D eigenvalue weighted by atomic mass is 10.2. The Kier molecular flexibility index (Phi) is 5.99. The predicted octanol–water partition coefficient (Wildman–Crippen LogP) is 2.41. The Morgan fingerprint density at radius 2 is 1.87 bits per heavy atom. The first kappa shape index (κ1) is 20.6. The Labute approximate surface area is 180 Å². The summed E-state index contributed by atoms with van der Waals surface area (Å²) in [4.78, 5) is 45.8. The smallest absolute Gasteiger partial charge is 0.307 e. The largest absolute Gasteiger partial charge is 0.329 e. The quantitative estimate of drug-likeness (QED) is 0.408. The van der Waals surface area contributed by atoms with E-state index < -0.39 is 23.2 Å². The molecule has 0 aliphatic rings. The summed E-state index contributed by atoms with van der Waals surface area (Å²) in [6, 6.07) is 15.1. The van der Waals surface area contributed by atoms with Crippen LogP contribution in [0.1, 0.15) is 12.5 Å². The third-order valence-electron chi connectivity index (χ3n) is 4.81. The summed E-state index contributed by atoms with van der Waals surface area (Å²) < 4.78 is 0.971. The van der Waals surface area contributed by atoms with Crippen LogP contribution in [-0.2, 0) is 4.79 Å². The van der Waals surface area contributed by atoms with E-state index in [2.05, 4.69) is 25.5 Å². The molecule has 10 heteroatoms. The number of nitrogens with zero attached hydrogens (tertiary/aromatic N) is 3. The first-order chi connectivity index (χ1) is 15.1. The Balaban J connectivity index is 1.67. The fourth-order valence-corrected chi connectivity index (χ4v) is 3.76. The molecule has 0 saturated carbocycles. The van der Waals surface area contributed by atoms with Gasteiger partial charge in [-0.1, -0.05) is 42.5 Å². The third kappa shape index (κ3) is 4.29. The highest BCUT2D eigenvalue weighted by Crippen LogP contribution is 2.18. The van der Waals surface area contributed by atoms with Crippen LogP contribution in [0.4, 0.5) is 5.95 Å². The van der Waals surface area contributed by atoms with Crippen LogP contribution in [0.3, 0.4) is 0 Å². The maximum absolute atomic E-state index is 13.1. The molecule has 9 nitrogen and oxygen atoms in total. The number of aromatic amines is 2. The predicted molar refractivity (Wildman–Crippen MR) is 121 cm³/mol. The molecule has 31 heavy (non-hydrogen) atoms. The zero-order valence-electron chi connectivity index (χ0n) is 16.7. The maximum Gasteiger partial charge on any atom is 0.329 e. The van der Waals surface area contributed by atoms with Gasteiger partial charge in [-0.3, -0.25) is 20.0 Å². The van der Waals surface area contributed by atoms with Gasteiger partial charge in [-0.05, 0) is 30.6 Å². The van der Waals surface area contributed by atoms with Crippen molar-refractivity contribution in [2.45, 2.75) is 12.5 Å². The van der Waals surface area contributed by atoms with Crippen molar-refractivity contribution in [1.29, 1.82) is 0 Å². The van der Waals surface area contributed by atoms with Crippen LogP contribution < -0.4 is 16.6 Å². The van der Waals surface area contributed by atoms with Crippen LogP contribution in [0.15, 0.2) is 64.2 Å². The highest BCUT2D eigenvalue weighted by Gasteiger charge is 2.25. The molecule has 1 atom stereocenters. The van der Waals surface area contributed by atoms with Gasteiger partial charge in [0, 0.05) is 5.56 Å². The number of anilines is 1. The molecule has 0 bridgehead atoms. The van der Waals surface area contributed by atoms with Crippen LogP contribution in [0.5, 0.6) is 0 Å². The van der Waals surface area contributed by atoms with Crippen molar-refractivity contribution >= 4 is 34.5 Å². The first-order valence-corrected chi connectivity index (χ1v) is 11.0. The van der Waals surface area contributed by atoms with Gasteiger partial charge in [0.05, 0.1) is 10.9 Å². The average molecular weight is 436 g/mol. The number of H-pyrrole nitrogens is 2. The number of aromatic nitrogens is 5. The minimum absolute atomic E-state index is 0.0725. The molecule has 0 aliphatic carbocycles. The van der Waals surface area contributed by atoms with E-state index in [0.29, 0.717) is 28.9 Å². The SMILES string of the molecule is CSCC[C@@H](C(=O)Nc1n[nH]c(-c2ccccc2)n1)n1c(=O)[nH]c2ccccc2c1=O. The van der Waals surface area contributed by atoms with E-state index in [1.807, 2.05) is 36.6 Å². The number of rotatable bonds is 7. The van der Waals surface area contributed by atoms with Crippen LogP contribution in [-0.4, -0.2) is 42.6 Å². The molecular weight excluding hydrogens is 416 g/mol. The monoisotopic (exact) mass is 436 g/mol. The molecule has 0 radical (unpaired) electrons. The molecule has 0 saturated heterocycles. The number of benzene rings is 2. The number of fused-ring (bicyclic) bond motifs is 1. The zero-order chi connectivity index (χ0) is 21.8. The van der Waals surface area contributed by atoms with Gasteiger partial charge >= 0.3 is 5.69 Å². The van der Waals surface area contributed by atoms with Gasteiger partial charge in [0.15, 0.2) is 5.82 Å². The van der Waals surface area contributed by atoms with Crippen molar-refractivity contribution in [2.24, 2.45) is 0 Å². The molecule has 4 rings (SSSR count). The number of para-hydroxylation sites is 1. The number of amides is 1. The molecule has 2 heterocycles. The van der Waals surface area contributed by atoms with Crippen molar-refractivity contribution in [2.75, 3.05) is 17.3 Å². The topological polar surface area (TPSA) is 126 Å². The molecule has 1 amide bonds. The Morgan fingerprint density at radius 1 is 1.13 bits per heavy atom. The maximum atomic E-state index is 13.1. The van der Waals surface area contributed by atoms with Crippen molar-refractivity contribution in [1.82, 2.24) is 24.7 Å². The van der Waals surface area contributed by atoms with E-state index in [9.17, 15) is 14.4 Å². The second-order valence-electron chi connectivity index (χ2n) is 6.81. The van der Waals surface area contributed by atoms with Crippen LogP contribution >= 0.6 is 11.8 Å². The minimum Gasteiger partial charge on any atom is -0.307 e. The van der Waals surface area contributed by atoms with Gasteiger partial charge in [-0.2, -0.15) is 16.7 Å². The Bertz CT molecular complexity index is 1330. The number of thioether (sulfide) groups is 1. The molecule has 0 fully saturated rings. The first-order valence-electron chi connectivity index (χ1n) is 9.59. The van der Waals surface area contributed by atoms with E-state index in [1.54, 1.807) is 24.3 Å². The van der Waals surface area contributed by atoms with Gasteiger partial charge in [-0.15, -0.1) is 5.10 Å². The third-order valence-corrected chi connectivity index (χ3v) is 5.46. The standard InChI is InChI=1S/C21H20N6O3S/c1-31-12-11-16(27-19(29)14-9-5-6-10-15(14)22-21(27)30)18(28)24-20-23-17(25-26-20)13-7-3-2-4-8-13/h2-10,16H,11-12H2,1H3,(H,22,30)(H2,23,24,25,26,28)/t16-/m0/s1. The molecular formula is C21H20N6O3S. The van der Waals surface area contributed by atoms with E-state index in [4.69, 9.17) is 0 Å². The molecule has 0 aliphatic heterocycles. The number of carbonyl (C=O) groups is 1. The number of nitrogens with one attached hydrogen (secondary N) is 3. The minimum atomic E-state index is -1.01. The summed E-state index contributed by atoms with van der Waals surface area (Å²) >= 11 is 1.52. The van der Waals surface area contributed by atoms with Crippen LogP contribution in [0.25, 0.3) is 22.3 Å².